The van der Waals surface area contributed by atoms with Gasteiger partial charge < -0.3 is 9.15 Å². The lowest BCUT2D eigenvalue weighted by molar-refractivity contribution is 0.162. The zero-order valence-corrected chi connectivity index (χ0v) is 14.3. The predicted molar refractivity (Wildman–Crippen MR) is 88.7 cm³/mol. The van der Waals surface area contributed by atoms with E-state index in [2.05, 4.69) is 32.0 Å². The Bertz CT molecular complexity index is 819. The maximum Gasteiger partial charge on any atom is 0.257 e. The number of nitrogens with zero attached hydrogens (tertiary/aromatic N) is 5. The molecule has 0 saturated carbocycles. The van der Waals surface area contributed by atoms with Crippen molar-refractivity contribution in [1.29, 1.82) is 0 Å². The van der Waals surface area contributed by atoms with Gasteiger partial charge in [0.2, 0.25) is 11.8 Å². The second kappa shape index (κ2) is 6.29. The Morgan fingerprint density at radius 1 is 1.33 bits per heavy atom. The first-order valence-electron chi connectivity index (χ1n) is 7.74. The second-order valence-corrected chi connectivity index (χ2v) is 6.58. The van der Waals surface area contributed by atoms with Gasteiger partial charge in [-0.25, -0.2) is 9.97 Å². The van der Waals surface area contributed by atoms with E-state index >= 15 is 0 Å². The van der Waals surface area contributed by atoms with Gasteiger partial charge in [0.1, 0.15) is 6.33 Å². The molecule has 24 heavy (non-hydrogen) atoms. The number of thiophene rings is 1. The first-order valence-corrected chi connectivity index (χ1v) is 8.62. The molecule has 4 heterocycles. The van der Waals surface area contributed by atoms with Crippen LogP contribution in [0, 0.1) is 0 Å². The fraction of sp³-hybridized carbons (Fsp3) is 0.375. The molecule has 124 valence electrons. The smallest absolute Gasteiger partial charge is 0.257 e. The molecular formula is C16H17N5O2S. The Hall–Kier alpha value is -2.32. The third-order valence-electron chi connectivity index (χ3n) is 4.26. The number of aromatic nitrogens is 4. The molecule has 0 spiro atoms. The average molecular weight is 343 g/mol. The van der Waals surface area contributed by atoms with Crippen LogP contribution in [0.1, 0.15) is 30.1 Å². The van der Waals surface area contributed by atoms with Crippen LogP contribution in [0.5, 0.6) is 5.88 Å². The van der Waals surface area contributed by atoms with Crippen LogP contribution < -0.4 is 4.74 Å². The highest BCUT2D eigenvalue weighted by molar-refractivity contribution is 7.13. The summed E-state index contributed by atoms with van der Waals surface area (Å²) in [5.41, 5.74) is 2.09. The minimum absolute atomic E-state index is 0.0178. The van der Waals surface area contributed by atoms with E-state index in [1.165, 1.54) is 0 Å². The van der Waals surface area contributed by atoms with E-state index in [-0.39, 0.29) is 6.04 Å². The molecule has 3 aromatic heterocycles. The third-order valence-corrected chi connectivity index (χ3v) is 5.12. The van der Waals surface area contributed by atoms with Gasteiger partial charge in [0, 0.05) is 25.1 Å². The highest BCUT2D eigenvalue weighted by Gasteiger charge is 2.28. The zero-order chi connectivity index (χ0) is 16.5. The number of hydrogen-bond donors (Lipinski definition) is 0. The topological polar surface area (TPSA) is 77.2 Å². The molecule has 0 N–H and O–H groups in total. The van der Waals surface area contributed by atoms with Crippen LogP contribution in [-0.4, -0.2) is 38.7 Å². The molecule has 0 radical (unpaired) electrons. The van der Waals surface area contributed by atoms with E-state index in [0.29, 0.717) is 24.2 Å². The molecule has 0 bridgehead atoms. The van der Waals surface area contributed by atoms with Crippen LogP contribution in [-0.2, 0) is 13.0 Å². The number of fused-ring (bicyclic) bond motifs is 1. The number of hydrogen-bond acceptors (Lipinski definition) is 8. The molecule has 0 aliphatic carbocycles. The lowest BCUT2D eigenvalue weighted by atomic mass is 10.0. The molecule has 1 aliphatic heterocycles. The minimum atomic E-state index is 0.0178. The maximum atomic E-state index is 5.87. The summed E-state index contributed by atoms with van der Waals surface area (Å²) in [7, 11) is 1.64. The Balaban J connectivity index is 1.56. The Morgan fingerprint density at radius 2 is 2.25 bits per heavy atom. The molecule has 0 saturated heterocycles. The lowest BCUT2D eigenvalue weighted by Gasteiger charge is -2.31. The van der Waals surface area contributed by atoms with E-state index in [4.69, 9.17) is 9.15 Å². The van der Waals surface area contributed by atoms with Crippen molar-refractivity contribution in [2.24, 2.45) is 0 Å². The van der Waals surface area contributed by atoms with Gasteiger partial charge in [-0.15, -0.1) is 21.5 Å². The highest BCUT2D eigenvalue weighted by Crippen LogP contribution is 2.31. The summed E-state index contributed by atoms with van der Waals surface area (Å²) in [6.07, 6.45) is 2.41. The van der Waals surface area contributed by atoms with E-state index in [9.17, 15) is 0 Å². The van der Waals surface area contributed by atoms with Gasteiger partial charge in [-0.2, -0.15) is 0 Å². The Morgan fingerprint density at radius 3 is 3.04 bits per heavy atom. The van der Waals surface area contributed by atoms with E-state index in [1.807, 2.05) is 17.5 Å². The molecule has 0 unspecified atom stereocenters. The first kappa shape index (κ1) is 15.2. The van der Waals surface area contributed by atoms with Gasteiger partial charge in [0.25, 0.3) is 5.89 Å². The van der Waals surface area contributed by atoms with Gasteiger partial charge in [-0.1, -0.05) is 6.07 Å². The summed E-state index contributed by atoms with van der Waals surface area (Å²) in [5.74, 6) is 1.84. The molecule has 0 aromatic carbocycles. The van der Waals surface area contributed by atoms with Crippen LogP contribution >= 0.6 is 11.3 Å². The van der Waals surface area contributed by atoms with Crippen molar-refractivity contribution in [3.05, 3.63) is 41.0 Å². The Kier molecular flexibility index (Phi) is 3.99. The molecule has 8 heteroatoms. The lowest BCUT2D eigenvalue weighted by Crippen LogP contribution is -2.34. The summed E-state index contributed by atoms with van der Waals surface area (Å²) in [5, 5.41) is 10.4. The molecule has 0 fully saturated rings. The van der Waals surface area contributed by atoms with Gasteiger partial charge in [-0.05, 0) is 18.4 Å². The van der Waals surface area contributed by atoms with E-state index in [1.54, 1.807) is 24.8 Å². The normalized spacial score (nSPS) is 15.9. The maximum absolute atomic E-state index is 5.87. The summed E-state index contributed by atoms with van der Waals surface area (Å²) in [6, 6.07) is 3.97. The zero-order valence-electron chi connectivity index (χ0n) is 13.5. The van der Waals surface area contributed by atoms with Crippen LogP contribution in [0.2, 0.25) is 0 Å². The van der Waals surface area contributed by atoms with Crippen molar-refractivity contribution in [2.75, 3.05) is 13.7 Å². The molecule has 1 aliphatic rings. The second-order valence-electron chi connectivity index (χ2n) is 5.63. The molecule has 1 atom stereocenters. The van der Waals surface area contributed by atoms with E-state index in [0.717, 1.165) is 29.1 Å². The van der Waals surface area contributed by atoms with Crippen molar-refractivity contribution in [2.45, 2.75) is 25.9 Å². The molecule has 4 rings (SSSR count). The van der Waals surface area contributed by atoms with Crippen LogP contribution in [0.4, 0.5) is 0 Å². The highest BCUT2D eigenvalue weighted by atomic mass is 32.1. The molecule has 0 amide bonds. The van der Waals surface area contributed by atoms with Gasteiger partial charge >= 0.3 is 0 Å². The van der Waals surface area contributed by atoms with Crippen molar-refractivity contribution < 1.29 is 9.15 Å². The largest absolute Gasteiger partial charge is 0.481 e. The Labute approximate surface area is 143 Å². The first-order chi connectivity index (χ1) is 11.8. The van der Waals surface area contributed by atoms with Crippen molar-refractivity contribution >= 4 is 11.3 Å². The van der Waals surface area contributed by atoms with Gasteiger partial charge in [-0.3, -0.25) is 4.90 Å². The van der Waals surface area contributed by atoms with Crippen LogP contribution in [0.15, 0.2) is 28.3 Å². The predicted octanol–water partition coefficient (Wildman–Crippen LogP) is 2.72. The SMILES string of the molecule is COc1ncnc2c1CN([C@@H](C)c1nnc(-c3cccs3)o1)CC2. The van der Waals surface area contributed by atoms with Crippen LogP contribution in [0.25, 0.3) is 10.8 Å². The quantitative estimate of drug-likeness (QED) is 0.721. The third kappa shape index (κ3) is 2.67. The van der Waals surface area contributed by atoms with Gasteiger partial charge in [0.05, 0.1) is 23.7 Å². The molecular weight excluding hydrogens is 326 g/mol. The van der Waals surface area contributed by atoms with Crippen LogP contribution in [0.3, 0.4) is 0 Å². The summed E-state index contributed by atoms with van der Waals surface area (Å²) < 4.78 is 11.2. The monoisotopic (exact) mass is 343 g/mol. The van der Waals surface area contributed by atoms with Crippen molar-refractivity contribution in [1.82, 2.24) is 25.1 Å². The van der Waals surface area contributed by atoms with E-state index < -0.39 is 0 Å². The summed E-state index contributed by atoms with van der Waals surface area (Å²) in [4.78, 5) is 11.8. The average Bonchev–Trinajstić information content (AvgIpc) is 3.31. The standard InChI is InChI=1S/C16H17N5O2S/c1-10(14-19-20-16(23-14)13-4-3-7-24-13)21-6-5-12-11(8-21)15(22-2)18-9-17-12/h3-4,7,9-10H,5-6,8H2,1-2H3/t10-/m0/s1. The fourth-order valence-corrected chi connectivity index (χ4v) is 3.55. The molecule has 3 aromatic rings. The minimum Gasteiger partial charge on any atom is -0.481 e. The number of rotatable bonds is 4. The molecule has 7 nitrogen and oxygen atoms in total. The number of methoxy groups -OCH3 is 1. The fourth-order valence-electron chi connectivity index (χ4n) is 2.90. The number of ether oxygens (including phenoxy) is 1. The van der Waals surface area contributed by atoms with Crippen molar-refractivity contribution in [3.63, 3.8) is 0 Å². The summed E-state index contributed by atoms with van der Waals surface area (Å²) >= 11 is 1.59. The summed E-state index contributed by atoms with van der Waals surface area (Å²) in [6.45, 7) is 3.66. The van der Waals surface area contributed by atoms with Crippen molar-refractivity contribution in [3.8, 4) is 16.6 Å². The van der Waals surface area contributed by atoms with Gasteiger partial charge in [0.15, 0.2) is 0 Å².